The van der Waals surface area contributed by atoms with Gasteiger partial charge in [0, 0.05) is 11.3 Å². The van der Waals surface area contributed by atoms with Crippen molar-refractivity contribution in [1.82, 2.24) is 0 Å². The minimum atomic E-state index is -1.28. The Morgan fingerprint density at radius 3 is 2.42 bits per heavy atom. The van der Waals surface area contributed by atoms with Gasteiger partial charge in [-0.3, -0.25) is 5.41 Å². The Balaban J connectivity index is 2.33. The van der Waals surface area contributed by atoms with Gasteiger partial charge in [0.1, 0.15) is 11.5 Å². The Hall–Kier alpha value is -2.43. The van der Waals surface area contributed by atoms with E-state index in [0.29, 0.717) is 18.4 Å². The van der Waals surface area contributed by atoms with Gasteiger partial charge in [0.15, 0.2) is 0 Å². The normalized spacial score (nSPS) is 15.1. The average Bonchev–Trinajstić information content (AvgIpc) is 2.38. The number of allylic oxidation sites excluding steroid dienone is 2. The van der Waals surface area contributed by atoms with Gasteiger partial charge in [0.2, 0.25) is 0 Å². The molecule has 4 N–H and O–H groups in total. The number of halogens is 1. The zero-order chi connectivity index (χ0) is 14.0. The fraction of sp³-hybridized carbons (Fsp3) is 0.143. The molecular formula is C14H13FN2O2. The summed E-state index contributed by atoms with van der Waals surface area (Å²) in [6, 6.07) is 6.04. The maximum atomic E-state index is 12.8. The van der Waals surface area contributed by atoms with E-state index in [4.69, 9.17) is 16.2 Å². The van der Waals surface area contributed by atoms with E-state index in [-0.39, 0.29) is 11.5 Å². The summed E-state index contributed by atoms with van der Waals surface area (Å²) >= 11 is 0. The van der Waals surface area contributed by atoms with Crippen LogP contribution in [0.5, 0.6) is 0 Å². The molecule has 0 aliphatic heterocycles. The smallest absolute Gasteiger partial charge is 0.354 e. The zero-order valence-electron chi connectivity index (χ0n) is 10.1. The highest BCUT2D eigenvalue weighted by molar-refractivity contribution is 6.41. The molecule has 5 heteroatoms. The first-order valence-electron chi connectivity index (χ1n) is 5.76. The number of carboxylic acid groups (broad SMARTS) is 1. The second kappa shape index (κ2) is 5.06. The molecule has 1 aromatic carbocycles. The fourth-order valence-corrected chi connectivity index (χ4v) is 2.04. The van der Waals surface area contributed by atoms with Crippen molar-refractivity contribution in [2.24, 2.45) is 5.73 Å². The molecule has 0 radical (unpaired) electrons. The van der Waals surface area contributed by atoms with Crippen LogP contribution in [0.3, 0.4) is 0 Å². The maximum Gasteiger partial charge on any atom is 0.354 e. The Morgan fingerprint density at radius 2 is 1.89 bits per heavy atom. The van der Waals surface area contributed by atoms with Crippen LogP contribution in [-0.4, -0.2) is 16.8 Å². The molecule has 1 aliphatic carbocycles. The minimum Gasteiger partial charge on any atom is -0.477 e. The molecule has 98 valence electrons. The van der Waals surface area contributed by atoms with Crippen LogP contribution >= 0.6 is 0 Å². The monoisotopic (exact) mass is 260 g/mol. The summed E-state index contributed by atoms with van der Waals surface area (Å²) in [5, 5.41) is 16.2. The summed E-state index contributed by atoms with van der Waals surface area (Å²) in [5.41, 5.74) is 7.74. The zero-order valence-corrected chi connectivity index (χ0v) is 10.1. The molecular weight excluding hydrogens is 247 g/mol. The van der Waals surface area contributed by atoms with E-state index in [2.05, 4.69) is 0 Å². The highest BCUT2D eigenvalue weighted by Gasteiger charge is 2.20. The van der Waals surface area contributed by atoms with Crippen molar-refractivity contribution in [3.63, 3.8) is 0 Å². The highest BCUT2D eigenvalue weighted by Crippen LogP contribution is 2.29. The number of carbonyl (C=O) groups is 1. The van der Waals surface area contributed by atoms with Gasteiger partial charge in [-0.05, 0) is 42.2 Å². The van der Waals surface area contributed by atoms with Crippen molar-refractivity contribution in [3.05, 3.63) is 53.0 Å². The lowest BCUT2D eigenvalue weighted by atomic mass is 9.89. The summed E-state index contributed by atoms with van der Waals surface area (Å²) < 4.78 is 12.8. The van der Waals surface area contributed by atoms with E-state index in [1.54, 1.807) is 18.2 Å². The highest BCUT2D eigenvalue weighted by atomic mass is 19.1. The first-order chi connectivity index (χ1) is 8.99. The predicted molar refractivity (Wildman–Crippen MR) is 70.2 cm³/mol. The first kappa shape index (κ1) is 13.0. The first-order valence-corrected chi connectivity index (χ1v) is 5.76. The largest absolute Gasteiger partial charge is 0.477 e. The number of rotatable bonds is 3. The number of hydrogen-bond acceptors (Lipinski definition) is 3. The summed E-state index contributed by atoms with van der Waals surface area (Å²) in [5.74, 6) is -1.59. The van der Waals surface area contributed by atoms with E-state index in [0.717, 1.165) is 11.1 Å². The number of benzene rings is 1. The van der Waals surface area contributed by atoms with E-state index < -0.39 is 11.7 Å². The number of aliphatic carboxylic acids is 1. The third kappa shape index (κ3) is 2.70. The molecule has 0 fully saturated rings. The van der Waals surface area contributed by atoms with E-state index in [1.165, 1.54) is 12.1 Å². The van der Waals surface area contributed by atoms with Crippen molar-refractivity contribution in [2.75, 3.05) is 0 Å². The third-order valence-electron chi connectivity index (χ3n) is 3.05. The van der Waals surface area contributed by atoms with Crippen molar-refractivity contribution in [3.8, 4) is 0 Å². The van der Waals surface area contributed by atoms with Crippen LogP contribution in [0.2, 0.25) is 0 Å². The van der Waals surface area contributed by atoms with Crippen LogP contribution in [0.4, 0.5) is 4.39 Å². The quantitative estimate of drug-likeness (QED) is 0.729. The Morgan fingerprint density at radius 1 is 1.26 bits per heavy atom. The fourth-order valence-electron chi connectivity index (χ4n) is 2.04. The topological polar surface area (TPSA) is 87.2 Å². The van der Waals surface area contributed by atoms with Gasteiger partial charge in [-0.2, -0.15) is 0 Å². The van der Waals surface area contributed by atoms with Gasteiger partial charge in [-0.25, -0.2) is 9.18 Å². The van der Waals surface area contributed by atoms with Crippen LogP contribution in [0.25, 0.3) is 5.57 Å². The molecule has 19 heavy (non-hydrogen) atoms. The maximum absolute atomic E-state index is 12.8. The number of hydrogen-bond donors (Lipinski definition) is 3. The summed E-state index contributed by atoms with van der Waals surface area (Å²) in [6.45, 7) is 0. The van der Waals surface area contributed by atoms with Gasteiger partial charge in [-0.1, -0.05) is 12.1 Å². The summed E-state index contributed by atoms with van der Waals surface area (Å²) in [7, 11) is 0. The molecule has 0 bridgehead atoms. The average molecular weight is 260 g/mol. The van der Waals surface area contributed by atoms with Crippen molar-refractivity contribution < 1.29 is 14.3 Å². The molecule has 4 nitrogen and oxygen atoms in total. The molecule has 0 amide bonds. The van der Waals surface area contributed by atoms with Crippen LogP contribution in [0.15, 0.2) is 41.6 Å². The molecule has 0 saturated carbocycles. The molecule has 0 heterocycles. The van der Waals surface area contributed by atoms with Gasteiger partial charge in [0.25, 0.3) is 0 Å². The number of nitrogens with two attached hydrogens (primary N) is 1. The number of carboxylic acids is 1. The molecule has 0 unspecified atom stereocenters. The van der Waals surface area contributed by atoms with Gasteiger partial charge in [0.05, 0.1) is 0 Å². The molecule has 0 aromatic heterocycles. The van der Waals surface area contributed by atoms with Crippen LogP contribution in [-0.2, 0) is 4.79 Å². The lowest BCUT2D eigenvalue weighted by molar-refractivity contribution is -0.129. The van der Waals surface area contributed by atoms with E-state index >= 15 is 0 Å². The van der Waals surface area contributed by atoms with Gasteiger partial charge >= 0.3 is 5.97 Å². The molecule has 2 rings (SSSR count). The minimum absolute atomic E-state index is 0.290. The summed E-state index contributed by atoms with van der Waals surface area (Å²) in [4.78, 5) is 10.8. The third-order valence-corrected chi connectivity index (χ3v) is 3.05. The lowest BCUT2D eigenvalue weighted by Gasteiger charge is -2.17. The Bertz CT molecular complexity index is 600. The molecule has 0 saturated heterocycles. The van der Waals surface area contributed by atoms with Crippen LogP contribution < -0.4 is 5.73 Å². The van der Waals surface area contributed by atoms with E-state index in [9.17, 15) is 9.18 Å². The van der Waals surface area contributed by atoms with Crippen molar-refractivity contribution >= 4 is 17.3 Å². The van der Waals surface area contributed by atoms with E-state index in [1.807, 2.05) is 0 Å². The van der Waals surface area contributed by atoms with Crippen LogP contribution in [0, 0.1) is 11.2 Å². The van der Waals surface area contributed by atoms with Crippen LogP contribution in [0.1, 0.15) is 18.4 Å². The molecule has 1 aliphatic rings. The van der Waals surface area contributed by atoms with Crippen molar-refractivity contribution in [2.45, 2.75) is 12.8 Å². The molecule has 1 aromatic rings. The molecule has 0 spiro atoms. The second-order valence-electron chi connectivity index (χ2n) is 4.29. The van der Waals surface area contributed by atoms with Gasteiger partial charge < -0.3 is 10.8 Å². The SMILES string of the molecule is N=C(C(=O)O)C1=C(N)C=C(c2ccc(F)cc2)CC1. The lowest BCUT2D eigenvalue weighted by Crippen LogP contribution is -2.20. The number of nitrogens with one attached hydrogen (secondary N) is 1. The van der Waals surface area contributed by atoms with Gasteiger partial charge in [-0.15, -0.1) is 0 Å². The van der Waals surface area contributed by atoms with Crippen molar-refractivity contribution in [1.29, 1.82) is 5.41 Å². The standard InChI is InChI=1S/C14H13FN2O2/c15-10-4-1-8(2-5-10)9-3-6-11(12(16)7-9)13(17)14(18)19/h1-2,4-5,7,17H,3,6,16H2,(H,18,19). The Kier molecular flexibility index (Phi) is 3.46. The predicted octanol–water partition coefficient (Wildman–Crippen LogP) is 2.32. The summed E-state index contributed by atoms with van der Waals surface area (Å²) in [6.07, 6.45) is 2.64. The Labute approximate surface area is 109 Å². The molecule has 0 atom stereocenters. The second-order valence-corrected chi connectivity index (χ2v) is 4.29.